The Labute approximate surface area is 93.5 Å². The van der Waals surface area contributed by atoms with E-state index in [1.54, 1.807) is 36.4 Å². The zero-order valence-electron chi connectivity index (χ0n) is 8.67. The van der Waals surface area contributed by atoms with Gasteiger partial charge in [-0.3, -0.25) is 5.73 Å². The Morgan fingerprint density at radius 2 is 2.06 bits per heavy atom. The molecule has 0 bridgehead atoms. The summed E-state index contributed by atoms with van der Waals surface area (Å²) < 4.78 is 0. The van der Waals surface area contributed by atoms with Crippen LogP contribution in [0.1, 0.15) is 5.56 Å². The minimum Gasteiger partial charge on any atom is -0.508 e. The molecule has 2 rings (SSSR count). The third-order valence-electron chi connectivity index (χ3n) is 2.65. The quantitative estimate of drug-likeness (QED) is 0.511. The number of phenolic OH excluding ortho intramolecular Hbond substituents is 1. The van der Waals surface area contributed by atoms with Crippen molar-refractivity contribution in [2.45, 2.75) is 11.8 Å². The van der Waals surface area contributed by atoms with Crippen molar-refractivity contribution in [1.82, 2.24) is 0 Å². The third kappa shape index (κ3) is 1.86. The van der Waals surface area contributed by atoms with Gasteiger partial charge >= 0.3 is 0 Å². The molecule has 0 aliphatic heterocycles. The van der Waals surface area contributed by atoms with Crippen LogP contribution in [0.2, 0.25) is 0 Å². The van der Waals surface area contributed by atoms with Crippen LogP contribution in [0, 0.1) is 0 Å². The van der Waals surface area contributed by atoms with E-state index >= 15 is 0 Å². The van der Waals surface area contributed by atoms with Crippen molar-refractivity contribution in [2.75, 3.05) is 0 Å². The van der Waals surface area contributed by atoms with Gasteiger partial charge in [0.2, 0.25) is 0 Å². The van der Waals surface area contributed by atoms with Crippen molar-refractivity contribution >= 4 is 5.57 Å². The van der Waals surface area contributed by atoms with E-state index < -0.39 is 11.8 Å². The number of phenols is 1. The van der Waals surface area contributed by atoms with Gasteiger partial charge in [0.15, 0.2) is 5.72 Å². The molecule has 0 radical (unpaired) electrons. The van der Waals surface area contributed by atoms with Gasteiger partial charge in [0.05, 0.1) is 6.04 Å². The van der Waals surface area contributed by atoms with E-state index in [4.69, 9.17) is 11.5 Å². The first-order valence-corrected chi connectivity index (χ1v) is 4.96. The molecule has 0 amide bonds. The second-order valence-electron chi connectivity index (χ2n) is 3.90. The lowest BCUT2D eigenvalue weighted by Gasteiger charge is -2.31. The summed E-state index contributed by atoms with van der Waals surface area (Å²) in [5.41, 5.74) is 11.4. The van der Waals surface area contributed by atoms with Crippen LogP contribution in [0.15, 0.2) is 42.5 Å². The Kier molecular flexibility index (Phi) is 2.55. The molecule has 1 aromatic rings. The van der Waals surface area contributed by atoms with Crippen LogP contribution in [-0.2, 0) is 0 Å². The molecule has 1 aliphatic carbocycles. The maximum Gasteiger partial charge on any atom is 0.152 e. The van der Waals surface area contributed by atoms with Gasteiger partial charge in [0.1, 0.15) is 5.75 Å². The van der Waals surface area contributed by atoms with Crippen molar-refractivity contribution in [3.8, 4) is 5.75 Å². The maximum absolute atomic E-state index is 9.81. The lowest BCUT2D eigenvalue weighted by molar-refractivity contribution is 0.0866. The molecular weight excluding hydrogens is 204 g/mol. The summed E-state index contributed by atoms with van der Waals surface area (Å²) >= 11 is 0. The van der Waals surface area contributed by atoms with Gasteiger partial charge in [-0.1, -0.05) is 24.3 Å². The van der Waals surface area contributed by atoms with Crippen LogP contribution in [0.25, 0.3) is 5.57 Å². The molecule has 0 saturated heterocycles. The first-order valence-electron chi connectivity index (χ1n) is 4.96. The van der Waals surface area contributed by atoms with Crippen molar-refractivity contribution in [2.24, 2.45) is 11.5 Å². The van der Waals surface area contributed by atoms with Gasteiger partial charge < -0.3 is 15.9 Å². The van der Waals surface area contributed by atoms with E-state index in [0.717, 1.165) is 5.56 Å². The highest BCUT2D eigenvalue weighted by Gasteiger charge is 2.32. The van der Waals surface area contributed by atoms with Crippen LogP contribution in [0.3, 0.4) is 0 Å². The Morgan fingerprint density at radius 1 is 1.31 bits per heavy atom. The van der Waals surface area contributed by atoms with Crippen molar-refractivity contribution in [3.63, 3.8) is 0 Å². The molecule has 0 saturated carbocycles. The second-order valence-corrected chi connectivity index (χ2v) is 3.90. The number of aromatic hydroxyl groups is 1. The van der Waals surface area contributed by atoms with Crippen LogP contribution < -0.4 is 11.5 Å². The Hall–Kier alpha value is -1.62. The smallest absolute Gasteiger partial charge is 0.152 e. The van der Waals surface area contributed by atoms with E-state index in [-0.39, 0.29) is 5.75 Å². The van der Waals surface area contributed by atoms with Crippen molar-refractivity contribution < 1.29 is 10.2 Å². The molecule has 0 heterocycles. The molecule has 0 aromatic heterocycles. The first-order chi connectivity index (χ1) is 7.50. The zero-order valence-corrected chi connectivity index (χ0v) is 8.67. The molecule has 84 valence electrons. The highest BCUT2D eigenvalue weighted by atomic mass is 16.3. The molecular formula is C12H14N2O2. The fraction of sp³-hybridized carbons (Fsp3) is 0.167. The van der Waals surface area contributed by atoms with E-state index in [1.165, 1.54) is 6.08 Å². The number of rotatable bonds is 1. The SMILES string of the molecule is NC1C(c2cccc(O)c2)=CC=CC1(N)O. The summed E-state index contributed by atoms with van der Waals surface area (Å²) in [5, 5.41) is 19.2. The highest BCUT2D eigenvalue weighted by molar-refractivity contribution is 5.74. The summed E-state index contributed by atoms with van der Waals surface area (Å²) in [5.74, 6) is 0.153. The minimum atomic E-state index is -1.55. The summed E-state index contributed by atoms with van der Waals surface area (Å²) in [6.45, 7) is 0. The average molecular weight is 218 g/mol. The first kappa shape index (κ1) is 10.9. The maximum atomic E-state index is 9.81. The molecule has 4 heteroatoms. The van der Waals surface area contributed by atoms with Crippen LogP contribution in [0.5, 0.6) is 5.75 Å². The summed E-state index contributed by atoms with van der Waals surface area (Å²) in [6, 6.07) is 5.97. The van der Waals surface area contributed by atoms with Crippen molar-refractivity contribution in [3.05, 3.63) is 48.1 Å². The fourth-order valence-corrected chi connectivity index (χ4v) is 1.72. The number of allylic oxidation sites excluding steroid dienone is 2. The van der Waals surface area contributed by atoms with Gasteiger partial charge in [0, 0.05) is 0 Å². The largest absolute Gasteiger partial charge is 0.508 e. The lowest BCUT2D eigenvalue weighted by Crippen LogP contribution is -2.55. The standard InChI is InChI=1S/C12H14N2O2/c13-11-10(5-2-6-12(11,14)16)8-3-1-4-9(15)7-8/h1-7,11,15-16H,13-14H2. The molecule has 1 aliphatic rings. The number of nitrogens with two attached hydrogens (primary N) is 2. The number of aliphatic hydroxyl groups is 1. The van der Waals surface area contributed by atoms with Gasteiger partial charge in [-0.15, -0.1) is 0 Å². The molecule has 6 N–H and O–H groups in total. The predicted octanol–water partition coefficient (Wildman–Crippen LogP) is 0.320. The second kappa shape index (κ2) is 3.75. The van der Waals surface area contributed by atoms with Crippen LogP contribution in [0.4, 0.5) is 0 Å². The molecule has 4 nitrogen and oxygen atoms in total. The number of benzene rings is 1. The van der Waals surface area contributed by atoms with Crippen molar-refractivity contribution in [1.29, 1.82) is 0 Å². The third-order valence-corrected chi connectivity index (χ3v) is 2.65. The van der Waals surface area contributed by atoms with Gasteiger partial charge in [-0.2, -0.15) is 0 Å². The zero-order chi connectivity index (χ0) is 11.8. The van der Waals surface area contributed by atoms with Gasteiger partial charge in [0.25, 0.3) is 0 Å². The predicted molar refractivity (Wildman–Crippen MR) is 62.3 cm³/mol. The molecule has 0 spiro atoms. The lowest BCUT2D eigenvalue weighted by atomic mass is 9.88. The normalized spacial score (nSPS) is 28.9. The molecule has 2 unspecified atom stereocenters. The highest BCUT2D eigenvalue weighted by Crippen LogP contribution is 2.28. The Bertz CT molecular complexity index is 464. The van der Waals surface area contributed by atoms with E-state index in [2.05, 4.69) is 0 Å². The molecule has 1 aromatic carbocycles. The molecule has 16 heavy (non-hydrogen) atoms. The van der Waals surface area contributed by atoms with Gasteiger partial charge in [-0.05, 0) is 29.3 Å². The number of hydrogen-bond donors (Lipinski definition) is 4. The molecule has 0 fully saturated rings. The monoisotopic (exact) mass is 218 g/mol. The minimum absolute atomic E-state index is 0.153. The average Bonchev–Trinajstić information content (AvgIpc) is 2.22. The number of hydrogen-bond acceptors (Lipinski definition) is 4. The van der Waals surface area contributed by atoms with Crippen LogP contribution >= 0.6 is 0 Å². The van der Waals surface area contributed by atoms with E-state index in [1.807, 2.05) is 0 Å². The molecule has 2 atom stereocenters. The summed E-state index contributed by atoms with van der Waals surface area (Å²) in [6.07, 6.45) is 4.88. The topological polar surface area (TPSA) is 92.5 Å². The Morgan fingerprint density at radius 3 is 2.75 bits per heavy atom. The van der Waals surface area contributed by atoms with Crippen LogP contribution in [-0.4, -0.2) is 22.0 Å². The summed E-state index contributed by atoms with van der Waals surface area (Å²) in [4.78, 5) is 0. The van der Waals surface area contributed by atoms with E-state index in [0.29, 0.717) is 5.57 Å². The fourth-order valence-electron chi connectivity index (χ4n) is 1.72. The van der Waals surface area contributed by atoms with Gasteiger partial charge in [-0.25, -0.2) is 0 Å². The van der Waals surface area contributed by atoms with E-state index in [9.17, 15) is 10.2 Å². The Balaban J connectivity index is 2.42. The summed E-state index contributed by atoms with van der Waals surface area (Å²) in [7, 11) is 0.